The van der Waals surface area contributed by atoms with Crippen LogP contribution in [-0.4, -0.2) is 33.3 Å². The summed E-state index contributed by atoms with van der Waals surface area (Å²) in [4.78, 5) is 22.2. The van der Waals surface area contributed by atoms with E-state index in [1.165, 1.54) is 0 Å². The standard InChI is InChI=1S/C28H26BrN5O3/c1-28(2,3)37-27(35)34-23-11-9-20(36-4)12-17(23)14-24(34)16-8-10-22-21(13-16)25(33-26(30)32-22)31-19-7-5-6-18(29)15-19/h5-15H,1-4H3,(H3,30,31,32,33). The average Bonchev–Trinajstić information content (AvgIpc) is 3.21. The highest BCUT2D eigenvalue weighted by Gasteiger charge is 2.23. The van der Waals surface area contributed by atoms with E-state index in [2.05, 4.69) is 31.2 Å². The number of nitrogens with zero attached hydrogens (tertiary/aromatic N) is 3. The van der Waals surface area contributed by atoms with Crippen molar-refractivity contribution in [3.05, 3.63) is 71.2 Å². The summed E-state index contributed by atoms with van der Waals surface area (Å²) >= 11 is 3.50. The second-order valence-electron chi connectivity index (χ2n) is 9.57. The smallest absolute Gasteiger partial charge is 0.419 e. The second-order valence-corrected chi connectivity index (χ2v) is 10.5. The van der Waals surface area contributed by atoms with E-state index in [0.717, 1.165) is 26.5 Å². The van der Waals surface area contributed by atoms with Crippen molar-refractivity contribution in [2.24, 2.45) is 0 Å². The summed E-state index contributed by atoms with van der Waals surface area (Å²) in [7, 11) is 1.61. The fourth-order valence-electron chi connectivity index (χ4n) is 4.14. The van der Waals surface area contributed by atoms with Gasteiger partial charge in [0.15, 0.2) is 0 Å². The van der Waals surface area contributed by atoms with Crippen molar-refractivity contribution in [1.29, 1.82) is 0 Å². The SMILES string of the molecule is COc1ccc2c(c1)cc(-c1ccc3nc(N)nc(Nc4cccc(Br)c4)c3c1)n2C(=O)OC(C)(C)C. The van der Waals surface area contributed by atoms with Gasteiger partial charge in [-0.3, -0.25) is 0 Å². The first-order chi connectivity index (χ1) is 17.6. The normalized spacial score (nSPS) is 11.6. The number of rotatable bonds is 4. The molecule has 188 valence electrons. The molecule has 0 unspecified atom stereocenters. The van der Waals surface area contributed by atoms with Crippen LogP contribution in [0.15, 0.2) is 71.2 Å². The third kappa shape index (κ3) is 5.08. The Morgan fingerprint density at radius 3 is 2.57 bits per heavy atom. The van der Waals surface area contributed by atoms with Crippen LogP contribution in [0.1, 0.15) is 20.8 Å². The summed E-state index contributed by atoms with van der Waals surface area (Å²) in [5, 5.41) is 4.94. The number of nitrogens with one attached hydrogen (secondary N) is 1. The average molecular weight is 560 g/mol. The summed E-state index contributed by atoms with van der Waals surface area (Å²) in [5.74, 6) is 1.42. The zero-order valence-corrected chi connectivity index (χ0v) is 22.5. The molecule has 8 nitrogen and oxygen atoms in total. The predicted molar refractivity (Wildman–Crippen MR) is 150 cm³/mol. The van der Waals surface area contributed by atoms with Crippen LogP contribution in [0.3, 0.4) is 0 Å². The quantitative estimate of drug-likeness (QED) is 0.241. The lowest BCUT2D eigenvalue weighted by Crippen LogP contribution is -2.27. The number of aromatic nitrogens is 3. The van der Waals surface area contributed by atoms with Crippen LogP contribution in [0.2, 0.25) is 0 Å². The summed E-state index contributed by atoms with van der Waals surface area (Å²) in [6.07, 6.45) is -0.469. The predicted octanol–water partition coefficient (Wildman–Crippen LogP) is 7.13. The van der Waals surface area contributed by atoms with Gasteiger partial charge in [0.2, 0.25) is 5.95 Å². The fraction of sp³-hybridized carbons (Fsp3) is 0.179. The van der Waals surface area contributed by atoms with Gasteiger partial charge in [-0.2, -0.15) is 4.98 Å². The largest absolute Gasteiger partial charge is 0.497 e. The minimum atomic E-state index is -0.660. The summed E-state index contributed by atoms with van der Waals surface area (Å²) in [6, 6.07) is 21.0. The minimum absolute atomic E-state index is 0.160. The Balaban J connectivity index is 1.69. The molecule has 0 bridgehead atoms. The van der Waals surface area contributed by atoms with E-state index in [-0.39, 0.29) is 5.95 Å². The van der Waals surface area contributed by atoms with Crippen LogP contribution >= 0.6 is 15.9 Å². The number of fused-ring (bicyclic) bond motifs is 2. The van der Waals surface area contributed by atoms with Crippen LogP contribution < -0.4 is 15.8 Å². The molecule has 37 heavy (non-hydrogen) atoms. The third-order valence-electron chi connectivity index (χ3n) is 5.68. The number of nitrogens with two attached hydrogens (primary N) is 1. The molecule has 2 aromatic heterocycles. The number of anilines is 3. The molecule has 5 aromatic rings. The van der Waals surface area contributed by atoms with E-state index < -0.39 is 11.7 Å². The van der Waals surface area contributed by atoms with E-state index in [1.54, 1.807) is 11.7 Å². The van der Waals surface area contributed by atoms with Gasteiger partial charge in [0.25, 0.3) is 0 Å². The van der Waals surface area contributed by atoms with E-state index in [9.17, 15) is 4.79 Å². The highest BCUT2D eigenvalue weighted by Crippen LogP contribution is 2.35. The third-order valence-corrected chi connectivity index (χ3v) is 6.17. The van der Waals surface area contributed by atoms with Crippen molar-refractivity contribution in [3.8, 4) is 17.0 Å². The van der Waals surface area contributed by atoms with E-state index in [4.69, 9.17) is 15.2 Å². The van der Waals surface area contributed by atoms with Gasteiger partial charge in [-0.25, -0.2) is 14.3 Å². The molecule has 9 heteroatoms. The van der Waals surface area contributed by atoms with E-state index in [1.807, 2.05) is 87.5 Å². The lowest BCUT2D eigenvalue weighted by molar-refractivity contribution is 0.0547. The maximum atomic E-state index is 13.4. The maximum Gasteiger partial charge on any atom is 0.419 e. The number of ether oxygens (including phenoxy) is 2. The van der Waals surface area contributed by atoms with Crippen molar-refractivity contribution in [2.75, 3.05) is 18.2 Å². The first-order valence-electron chi connectivity index (χ1n) is 11.6. The molecule has 0 aliphatic carbocycles. The van der Waals surface area contributed by atoms with Crippen molar-refractivity contribution in [3.63, 3.8) is 0 Å². The summed E-state index contributed by atoms with van der Waals surface area (Å²) in [6.45, 7) is 5.53. The topological polar surface area (TPSA) is 104 Å². The first kappa shape index (κ1) is 24.6. The molecular formula is C28H26BrN5O3. The zero-order valence-electron chi connectivity index (χ0n) is 20.9. The van der Waals surface area contributed by atoms with Crippen LogP contribution in [0.4, 0.5) is 22.2 Å². The number of hydrogen-bond acceptors (Lipinski definition) is 7. The van der Waals surface area contributed by atoms with Gasteiger partial charge in [0.05, 0.1) is 23.8 Å². The van der Waals surface area contributed by atoms with Gasteiger partial charge in [0.1, 0.15) is 17.2 Å². The molecule has 0 spiro atoms. The Kier molecular flexibility index (Phi) is 6.25. The summed E-state index contributed by atoms with van der Waals surface area (Å²) < 4.78 is 13.7. The number of carbonyl (C=O) groups is 1. The first-order valence-corrected chi connectivity index (χ1v) is 12.4. The monoisotopic (exact) mass is 559 g/mol. The Hall–Kier alpha value is -4.11. The molecule has 0 saturated heterocycles. The second kappa shape index (κ2) is 9.40. The van der Waals surface area contributed by atoms with E-state index in [0.29, 0.717) is 28.3 Å². The number of methoxy groups -OCH3 is 1. The molecular weight excluding hydrogens is 534 g/mol. The molecule has 0 fully saturated rings. The van der Waals surface area contributed by atoms with Crippen molar-refractivity contribution in [1.82, 2.24) is 14.5 Å². The lowest BCUT2D eigenvalue weighted by atomic mass is 10.1. The van der Waals surface area contributed by atoms with Crippen molar-refractivity contribution >= 4 is 61.3 Å². The molecule has 0 amide bonds. The lowest BCUT2D eigenvalue weighted by Gasteiger charge is -2.21. The zero-order chi connectivity index (χ0) is 26.3. The van der Waals surface area contributed by atoms with Gasteiger partial charge in [-0.15, -0.1) is 0 Å². The van der Waals surface area contributed by atoms with Crippen LogP contribution in [0, 0.1) is 0 Å². The van der Waals surface area contributed by atoms with Gasteiger partial charge in [0, 0.05) is 20.9 Å². The Morgan fingerprint density at radius 2 is 1.84 bits per heavy atom. The van der Waals surface area contributed by atoms with E-state index >= 15 is 0 Å². The number of hydrogen-bond donors (Lipinski definition) is 2. The van der Waals surface area contributed by atoms with Crippen LogP contribution in [-0.2, 0) is 4.74 Å². The number of nitrogen functional groups attached to an aromatic ring is 1. The van der Waals surface area contributed by atoms with Crippen LogP contribution in [0.5, 0.6) is 5.75 Å². The number of carbonyl (C=O) groups excluding carboxylic acids is 1. The molecule has 2 heterocycles. The minimum Gasteiger partial charge on any atom is -0.497 e. The van der Waals surface area contributed by atoms with Gasteiger partial charge >= 0.3 is 6.09 Å². The number of benzene rings is 3. The van der Waals surface area contributed by atoms with Crippen LogP contribution in [0.25, 0.3) is 33.1 Å². The molecule has 0 saturated carbocycles. The highest BCUT2D eigenvalue weighted by atomic mass is 79.9. The Morgan fingerprint density at radius 1 is 1.03 bits per heavy atom. The molecule has 0 aliphatic rings. The molecule has 3 aromatic carbocycles. The van der Waals surface area contributed by atoms with Gasteiger partial charge in [-0.05, 0) is 80.9 Å². The molecule has 5 rings (SSSR count). The number of halogens is 1. The molecule has 3 N–H and O–H groups in total. The highest BCUT2D eigenvalue weighted by molar-refractivity contribution is 9.10. The van der Waals surface area contributed by atoms with Crippen molar-refractivity contribution in [2.45, 2.75) is 26.4 Å². The molecule has 0 atom stereocenters. The summed E-state index contributed by atoms with van der Waals surface area (Å²) in [5.41, 5.74) is 9.04. The van der Waals surface area contributed by atoms with Gasteiger partial charge in [-0.1, -0.05) is 28.1 Å². The molecule has 0 radical (unpaired) electrons. The Labute approximate surface area is 222 Å². The fourth-order valence-corrected chi connectivity index (χ4v) is 4.54. The van der Waals surface area contributed by atoms with Gasteiger partial charge < -0.3 is 20.5 Å². The molecule has 0 aliphatic heterocycles. The maximum absolute atomic E-state index is 13.4. The Bertz CT molecular complexity index is 1660. The van der Waals surface area contributed by atoms with Crippen molar-refractivity contribution < 1.29 is 14.3 Å².